The fraction of sp³-hybridized carbons (Fsp3) is 0.316. The maximum Gasteiger partial charge on any atom is 0.263 e. The lowest BCUT2D eigenvalue weighted by atomic mass is 10.2. The third-order valence-corrected chi connectivity index (χ3v) is 4.12. The number of nitrogens with zero attached hydrogens (tertiary/aromatic N) is 2. The van der Waals surface area contributed by atoms with Crippen molar-refractivity contribution in [2.45, 2.75) is 13.0 Å². The molecule has 1 aliphatic rings. The molecular formula is C19H22N2O2. The Hall–Kier alpha value is -2.49. The van der Waals surface area contributed by atoms with Gasteiger partial charge in [-0.3, -0.25) is 4.79 Å². The summed E-state index contributed by atoms with van der Waals surface area (Å²) < 4.78 is 5.74. The number of carbonyl (C=O) groups is 1. The second kappa shape index (κ2) is 7.18. The van der Waals surface area contributed by atoms with Crippen molar-refractivity contribution in [1.82, 2.24) is 4.90 Å². The molecule has 0 bridgehead atoms. The first kappa shape index (κ1) is 15.4. The molecule has 120 valence electrons. The summed E-state index contributed by atoms with van der Waals surface area (Å²) in [5.41, 5.74) is 1.22. The van der Waals surface area contributed by atoms with Crippen molar-refractivity contribution in [3.05, 3.63) is 60.7 Å². The molecule has 1 amide bonds. The summed E-state index contributed by atoms with van der Waals surface area (Å²) in [5, 5.41) is 0. The van der Waals surface area contributed by atoms with E-state index in [0.29, 0.717) is 0 Å². The molecule has 0 aliphatic carbocycles. The van der Waals surface area contributed by atoms with Gasteiger partial charge in [0.2, 0.25) is 0 Å². The highest BCUT2D eigenvalue weighted by atomic mass is 16.5. The molecule has 4 heteroatoms. The van der Waals surface area contributed by atoms with Crippen molar-refractivity contribution in [1.29, 1.82) is 0 Å². The maximum absolute atomic E-state index is 12.5. The summed E-state index contributed by atoms with van der Waals surface area (Å²) in [6, 6.07) is 19.8. The molecule has 1 heterocycles. The Labute approximate surface area is 137 Å². The normalized spacial score (nSPS) is 16.0. The number of para-hydroxylation sites is 2. The van der Waals surface area contributed by atoms with Crippen LogP contribution in [0.3, 0.4) is 0 Å². The maximum atomic E-state index is 12.5. The van der Waals surface area contributed by atoms with Crippen molar-refractivity contribution >= 4 is 11.6 Å². The number of hydrogen-bond donors (Lipinski definition) is 0. The van der Waals surface area contributed by atoms with Gasteiger partial charge in [-0.25, -0.2) is 0 Å². The standard InChI is InChI=1S/C19H22N2O2/c1-16(23-18-10-6-3-7-11-18)19(22)21-14-12-20(13-15-21)17-8-4-2-5-9-17/h2-11,16H,12-15H2,1H3/t16-/m1/s1. The Balaban J connectivity index is 1.54. The molecule has 0 N–H and O–H groups in total. The smallest absolute Gasteiger partial charge is 0.263 e. The van der Waals surface area contributed by atoms with Crippen LogP contribution in [0, 0.1) is 0 Å². The third kappa shape index (κ3) is 3.83. The van der Waals surface area contributed by atoms with E-state index in [1.165, 1.54) is 5.69 Å². The number of hydrogen-bond acceptors (Lipinski definition) is 3. The molecule has 23 heavy (non-hydrogen) atoms. The minimum Gasteiger partial charge on any atom is -0.481 e. The largest absolute Gasteiger partial charge is 0.481 e. The van der Waals surface area contributed by atoms with E-state index >= 15 is 0 Å². The Bertz CT molecular complexity index is 622. The van der Waals surface area contributed by atoms with Gasteiger partial charge in [0, 0.05) is 31.9 Å². The van der Waals surface area contributed by atoms with Gasteiger partial charge < -0.3 is 14.5 Å². The van der Waals surface area contributed by atoms with E-state index < -0.39 is 6.10 Å². The molecule has 0 radical (unpaired) electrons. The van der Waals surface area contributed by atoms with E-state index in [0.717, 1.165) is 31.9 Å². The second-order valence-corrected chi connectivity index (χ2v) is 5.72. The van der Waals surface area contributed by atoms with Crippen LogP contribution >= 0.6 is 0 Å². The van der Waals surface area contributed by atoms with Gasteiger partial charge >= 0.3 is 0 Å². The summed E-state index contributed by atoms with van der Waals surface area (Å²) >= 11 is 0. The van der Waals surface area contributed by atoms with Crippen molar-refractivity contribution in [3.8, 4) is 5.75 Å². The fourth-order valence-electron chi connectivity index (χ4n) is 2.83. The highest BCUT2D eigenvalue weighted by Gasteiger charge is 2.26. The zero-order chi connectivity index (χ0) is 16.1. The zero-order valence-electron chi connectivity index (χ0n) is 13.4. The Morgan fingerprint density at radius 2 is 1.48 bits per heavy atom. The molecule has 1 saturated heterocycles. The first-order valence-electron chi connectivity index (χ1n) is 8.04. The third-order valence-electron chi connectivity index (χ3n) is 4.12. The number of benzene rings is 2. The van der Waals surface area contributed by atoms with E-state index in [4.69, 9.17) is 4.74 Å². The van der Waals surface area contributed by atoms with Gasteiger partial charge in [-0.15, -0.1) is 0 Å². The summed E-state index contributed by atoms with van der Waals surface area (Å²) in [4.78, 5) is 16.7. The molecule has 0 unspecified atom stereocenters. The van der Waals surface area contributed by atoms with Gasteiger partial charge in [0.1, 0.15) is 5.75 Å². The van der Waals surface area contributed by atoms with E-state index in [9.17, 15) is 4.79 Å². The molecule has 1 atom stereocenters. The summed E-state index contributed by atoms with van der Waals surface area (Å²) in [7, 11) is 0. The highest BCUT2D eigenvalue weighted by Crippen LogP contribution is 2.17. The minimum atomic E-state index is -0.458. The second-order valence-electron chi connectivity index (χ2n) is 5.72. The van der Waals surface area contributed by atoms with E-state index in [-0.39, 0.29) is 5.91 Å². The average molecular weight is 310 g/mol. The Kier molecular flexibility index (Phi) is 4.81. The van der Waals surface area contributed by atoms with Crippen molar-refractivity contribution < 1.29 is 9.53 Å². The molecule has 2 aromatic rings. The number of ether oxygens (including phenoxy) is 1. The van der Waals surface area contributed by atoms with Gasteiger partial charge in [-0.2, -0.15) is 0 Å². The zero-order valence-corrected chi connectivity index (χ0v) is 13.4. The summed E-state index contributed by atoms with van der Waals surface area (Å²) in [6.45, 7) is 4.99. The van der Waals surface area contributed by atoms with Crippen LogP contribution < -0.4 is 9.64 Å². The van der Waals surface area contributed by atoms with Crippen molar-refractivity contribution in [3.63, 3.8) is 0 Å². The van der Waals surface area contributed by atoms with Crippen LogP contribution in [0.2, 0.25) is 0 Å². The first-order chi connectivity index (χ1) is 11.2. The first-order valence-corrected chi connectivity index (χ1v) is 8.04. The quantitative estimate of drug-likeness (QED) is 0.870. The number of piperazine rings is 1. The molecular weight excluding hydrogens is 288 g/mol. The van der Waals surface area contributed by atoms with Gasteiger partial charge in [0.05, 0.1) is 0 Å². The molecule has 4 nitrogen and oxygen atoms in total. The molecule has 2 aromatic carbocycles. The van der Waals surface area contributed by atoms with Crippen LogP contribution in [0.15, 0.2) is 60.7 Å². The number of amides is 1. The summed E-state index contributed by atoms with van der Waals surface area (Å²) in [5.74, 6) is 0.790. The van der Waals surface area contributed by atoms with Gasteiger partial charge in [0.25, 0.3) is 5.91 Å². The minimum absolute atomic E-state index is 0.0570. The number of rotatable bonds is 4. The molecule has 1 fully saturated rings. The van der Waals surface area contributed by atoms with Crippen LogP contribution in [-0.2, 0) is 4.79 Å². The predicted molar refractivity (Wildman–Crippen MR) is 91.8 cm³/mol. The van der Waals surface area contributed by atoms with Gasteiger partial charge in [0.15, 0.2) is 6.10 Å². The Morgan fingerprint density at radius 1 is 0.913 bits per heavy atom. The van der Waals surface area contributed by atoms with Crippen LogP contribution in [0.4, 0.5) is 5.69 Å². The lowest BCUT2D eigenvalue weighted by Crippen LogP contribution is -2.52. The topological polar surface area (TPSA) is 32.8 Å². The Morgan fingerprint density at radius 3 is 2.09 bits per heavy atom. The highest BCUT2D eigenvalue weighted by molar-refractivity contribution is 5.81. The van der Waals surface area contributed by atoms with Crippen LogP contribution in [0.1, 0.15) is 6.92 Å². The summed E-state index contributed by atoms with van der Waals surface area (Å²) in [6.07, 6.45) is -0.458. The number of carbonyl (C=O) groups excluding carboxylic acids is 1. The predicted octanol–water partition coefficient (Wildman–Crippen LogP) is 2.80. The van der Waals surface area contributed by atoms with Gasteiger partial charge in [-0.1, -0.05) is 36.4 Å². The van der Waals surface area contributed by atoms with E-state index in [2.05, 4.69) is 17.0 Å². The van der Waals surface area contributed by atoms with Crippen molar-refractivity contribution in [2.24, 2.45) is 0 Å². The molecule has 0 spiro atoms. The molecule has 1 aliphatic heterocycles. The van der Waals surface area contributed by atoms with E-state index in [1.54, 1.807) is 0 Å². The monoisotopic (exact) mass is 310 g/mol. The van der Waals surface area contributed by atoms with Gasteiger partial charge in [-0.05, 0) is 31.2 Å². The lowest BCUT2D eigenvalue weighted by Gasteiger charge is -2.37. The number of anilines is 1. The van der Waals surface area contributed by atoms with Crippen molar-refractivity contribution in [2.75, 3.05) is 31.1 Å². The molecule has 0 saturated carbocycles. The van der Waals surface area contributed by atoms with Crippen LogP contribution in [-0.4, -0.2) is 43.1 Å². The van der Waals surface area contributed by atoms with E-state index in [1.807, 2.05) is 60.4 Å². The average Bonchev–Trinajstić information content (AvgIpc) is 2.63. The molecule has 3 rings (SSSR count). The fourth-order valence-corrected chi connectivity index (χ4v) is 2.83. The van der Waals surface area contributed by atoms with Crippen LogP contribution in [0.5, 0.6) is 5.75 Å². The molecule has 0 aromatic heterocycles. The lowest BCUT2D eigenvalue weighted by molar-refractivity contribution is -0.138. The van der Waals surface area contributed by atoms with Crippen LogP contribution in [0.25, 0.3) is 0 Å². The SMILES string of the molecule is C[C@@H](Oc1ccccc1)C(=O)N1CCN(c2ccccc2)CC1.